The molecule has 1 aliphatic rings. The lowest BCUT2D eigenvalue weighted by Crippen LogP contribution is -2.12. The zero-order chi connectivity index (χ0) is 14.3. The molecule has 0 fully saturated rings. The van der Waals surface area contributed by atoms with Crippen molar-refractivity contribution in [2.45, 2.75) is 43.4 Å². The molecule has 2 aromatic heterocycles. The molecule has 0 bridgehead atoms. The minimum atomic E-state index is -0.806. The summed E-state index contributed by atoms with van der Waals surface area (Å²) in [5, 5.41) is 10.5. The first-order valence-electron chi connectivity index (χ1n) is 6.71. The van der Waals surface area contributed by atoms with E-state index in [9.17, 15) is 4.79 Å². The largest absolute Gasteiger partial charge is 0.480 e. The van der Waals surface area contributed by atoms with E-state index < -0.39 is 11.2 Å². The number of aryl methyl sites for hydroxylation is 1. The monoisotopic (exact) mass is 308 g/mol. The van der Waals surface area contributed by atoms with Crippen molar-refractivity contribution in [2.24, 2.45) is 5.92 Å². The third-order valence-electron chi connectivity index (χ3n) is 3.69. The lowest BCUT2D eigenvalue weighted by molar-refractivity contribution is -0.136. The van der Waals surface area contributed by atoms with Crippen molar-refractivity contribution in [3.8, 4) is 0 Å². The number of carbonyl (C=O) groups is 1. The van der Waals surface area contributed by atoms with E-state index in [2.05, 4.69) is 16.9 Å². The maximum absolute atomic E-state index is 11.0. The lowest BCUT2D eigenvalue weighted by atomic mass is 9.89. The molecule has 0 saturated carbocycles. The van der Waals surface area contributed by atoms with E-state index >= 15 is 0 Å². The number of carboxylic acids is 1. The first-order valence-corrected chi connectivity index (χ1v) is 8.40. The molecule has 0 aliphatic heterocycles. The van der Waals surface area contributed by atoms with Crippen molar-refractivity contribution >= 4 is 39.3 Å². The van der Waals surface area contributed by atoms with Crippen LogP contribution in [-0.2, 0) is 17.6 Å². The second-order valence-corrected chi connectivity index (χ2v) is 7.72. The molecule has 20 heavy (non-hydrogen) atoms. The number of hydrogen-bond acceptors (Lipinski definition) is 5. The van der Waals surface area contributed by atoms with Gasteiger partial charge in [-0.2, -0.15) is 0 Å². The second-order valence-electron chi connectivity index (χ2n) is 5.31. The molecule has 1 aliphatic carbocycles. The van der Waals surface area contributed by atoms with Gasteiger partial charge in [0.25, 0.3) is 0 Å². The molecule has 0 spiro atoms. The maximum atomic E-state index is 11.0. The Morgan fingerprint density at radius 2 is 2.35 bits per heavy atom. The fraction of sp³-hybridized carbons (Fsp3) is 0.500. The summed E-state index contributed by atoms with van der Waals surface area (Å²) in [4.78, 5) is 22.1. The summed E-state index contributed by atoms with van der Waals surface area (Å²) in [5.41, 5.74) is 1.35. The summed E-state index contributed by atoms with van der Waals surface area (Å²) < 4.78 is 0. The van der Waals surface area contributed by atoms with E-state index in [-0.39, 0.29) is 0 Å². The molecule has 6 heteroatoms. The summed E-state index contributed by atoms with van der Waals surface area (Å²) in [6.45, 7) is 3.98. The predicted molar refractivity (Wildman–Crippen MR) is 81.6 cm³/mol. The van der Waals surface area contributed by atoms with Crippen LogP contribution in [0.15, 0.2) is 11.4 Å². The Morgan fingerprint density at radius 1 is 1.55 bits per heavy atom. The highest BCUT2D eigenvalue weighted by molar-refractivity contribution is 8.00. The van der Waals surface area contributed by atoms with Crippen molar-refractivity contribution in [3.63, 3.8) is 0 Å². The van der Waals surface area contributed by atoms with Crippen molar-refractivity contribution in [1.29, 1.82) is 0 Å². The summed E-state index contributed by atoms with van der Waals surface area (Å²) in [5.74, 6) is -0.0861. The Bertz CT molecular complexity index is 668. The minimum absolute atomic E-state index is 0.494. The number of thioether (sulfide) groups is 1. The Labute approximate surface area is 125 Å². The van der Waals surface area contributed by atoms with E-state index in [1.54, 1.807) is 24.6 Å². The summed E-state index contributed by atoms with van der Waals surface area (Å²) >= 11 is 3.06. The Balaban J connectivity index is 2.07. The molecule has 1 N–H and O–H groups in total. The Kier molecular flexibility index (Phi) is 3.69. The van der Waals surface area contributed by atoms with Crippen LogP contribution in [0.4, 0.5) is 0 Å². The SMILES string of the molecule is C[C@@H]1CCc2c(sc3ncnc(S[C@H](C)C(=O)O)c23)C1. The van der Waals surface area contributed by atoms with Crippen molar-refractivity contribution in [3.05, 3.63) is 16.8 Å². The highest BCUT2D eigenvalue weighted by Gasteiger charge is 2.24. The number of rotatable bonds is 3. The quantitative estimate of drug-likeness (QED) is 0.695. The highest BCUT2D eigenvalue weighted by atomic mass is 32.2. The molecule has 2 heterocycles. The third kappa shape index (κ3) is 2.42. The van der Waals surface area contributed by atoms with Crippen molar-refractivity contribution in [1.82, 2.24) is 9.97 Å². The van der Waals surface area contributed by atoms with Crippen LogP contribution in [0.1, 0.15) is 30.7 Å². The number of aliphatic carboxylic acids is 1. The van der Waals surface area contributed by atoms with Crippen LogP contribution < -0.4 is 0 Å². The zero-order valence-electron chi connectivity index (χ0n) is 11.4. The molecule has 0 amide bonds. The van der Waals surface area contributed by atoms with Gasteiger partial charge in [-0.3, -0.25) is 4.79 Å². The summed E-state index contributed by atoms with van der Waals surface area (Å²) in [6, 6.07) is 0. The van der Waals surface area contributed by atoms with Gasteiger partial charge in [0.1, 0.15) is 21.4 Å². The number of nitrogens with zero attached hydrogens (tertiary/aromatic N) is 2. The smallest absolute Gasteiger partial charge is 0.316 e. The van der Waals surface area contributed by atoms with E-state index in [1.807, 2.05) is 0 Å². The van der Waals surface area contributed by atoms with Gasteiger partial charge < -0.3 is 5.11 Å². The van der Waals surface area contributed by atoms with Gasteiger partial charge >= 0.3 is 5.97 Å². The van der Waals surface area contributed by atoms with Gasteiger partial charge in [0.15, 0.2) is 0 Å². The van der Waals surface area contributed by atoms with Gasteiger partial charge in [0.05, 0.1) is 0 Å². The predicted octanol–water partition coefficient (Wildman–Crippen LogP) is 3.38. The molecule has 0 aromatic carbocycles. The third-order valence-corrected chi connectivity index (χ3v) is 5.94. The van der Waals surface area contributed by atoms with Crippen LogP contribution in [0.3, 0.4) is 0 Å². The van der Waals surface area contributed by atoms with Gasteiger partial charge in [0.2, 0.25) is 0 Å². The van der Waals surface area contributed by atoms with E-state index in [1.165, 1.54) is 28.6 Å². The Morgan fingerprint density at radius 3 is 3.10 bits per heavy atom. The first-order chi connectivity index (χ1) is 9.56. The van der Waals surface area contributed by atoms with Crippen LogP contribution >= 0.6 is 23.1 Å². The molecular formula is C14H16N2O2S2. The fourth-order valence-corrected chi connectivity index (χ4v) is 4.85. The molecule has 3 rings (SSSR count). The van der Waals surface area contributed by atoms with Crippen LogP contribution in [0.25, 0.3) is 10.2 Å². The van der Waals surface area contributed by atoms with Gasteiger partial charge in [-0.25, -0.2) is 9.97 Å². The van der Waals surface area contributed by atoms with Crippen LogP contribution in [0.2, 0.25) is 0 Å². The van der Waals surface area contributed by atoms with E-state index in [0.717, 1.165) is 34.0 Å². The molecule has 2 aromatic rings. The fourth-order valence-electron chi connectivity index (χ4n) is 2.55. The summed E-state index contributed by atoms with van der Waals surface area (Å²) in [7, 11) is 0. The molecule has 0 saturated heterocycles. The van der Waals surface area contributed by atoms with Crippen molar-refractivity contribution in [2.75, 3.05) is 0 Å². The maximum Gasteiger partial charge on any atom is 0.316 e. The Hall–Kier alpha value is -1.14. The number of hydrogen-bond donors (Lipinski definition) is 1. The van der Waals surface area contributed by atoms with Crippen molar-refractivity contribution < 1.29 is 9.90 Å². The average molecular weight is 308 g/mol. The highest BCUT2D eigenvalue weighted by Crippen LogP contribution is 2.41. The average Bonchev–Trinajstić information content (AvgIpc) is 2.76. The molecule has 0 unspecified atom stereocenters. The van der Waals surface area contributed by atoms with Crippen LogP contribution in [0.5, 0.6) is 0 Å². The molecule has 2 atom stereocenters. The summed E-state index contributed by atoms with van der Waals surface area (Å²) in [6.07, 6.45) is 4.89. The molecule has 106 valence electrons. The number of carboxylic acid groups (broad SMARTS) is 1. The number of fused-ring (bicyclic) bond motifs is 3. The normalized spacial score (nSPS) is 19.8. The van der Waals surface area contributed by atoms with Crippen LogP contribution in [0, 0.1) is 5.92 Å². The first kappa shape index (κ1) is 13.8. The number of aromatic nitrogens is 2. The second kappa shape index (κ2) is 5.33. The molecule has 4 nitrogen and oxygen atoms in total. The van der Waals surface area contributed by atoms with Crippen LogP contribution in [-0.4, -0.2) is 26.3 Å². The van der Waals surface area contributed by atoms with Gasteiger partial charge in [0, 0.05) is 10.3 Å². The van der Waals surface area contributed by atoms with Gasteiger partial charge in [-0.15, -0.1) is 11.3 Å². The minimum Gasteiger partial charge on any atom is -0.480 e. The van der Waals surface area contributed by atoms with E-state index in [0.29, 0.717) is 0 Å². The molecular weight excluding hydrogens is 292 g/mol. The van der Waals surface area contributed by atoms with E-state index in [4.69, 9.17) is 5.11 Å². The van der Waals surface area contributed by atoms with Gasteiger partial charge in [-0.1, -0.05) is 18.7 Å². The standard InChI is InChI=1S/C14H16N2O2S2/c1-7-3-4-9-10(5-7)20-13-11(9)12(15-6-16-13)19-8(2)14(17)18/h6-8H,3-5H2,1-2H3,(H,17,18)/t7-,8-/m1/s1. The zero-order valence-corrected chi connectivity index (χ0v) is 13.1. The van der Waals surface area contributed by atoms with Gasteiger partial charge in [-0.05, 0) is 37.7 Å². The lowest BCUT2D eigenvalue weighted by Gasteiger charge is -2.18. The number of thiophene rings is 1. The topological polar surface area (TPSA) is 63.1 Å². The molecule has 0 radical (unpaired) electrons.